The summed E-state index contributed by atoms with van der Waals surface area (Å²) in [6, 6.07) is 6.13. The monoisotopic (exact) mass is 587 g/mol. The Morgan fingerprint density at radius 3 is 2.24 bits per heavy atom. The molecule has 2 aliphatic heterocycles. The molecule has 0 radical (unpaired) electrons. The van der Waals surface area contributed by atoms with Crippen LogP contribution in [0.5, 0.6) is 0 Å². The third-order valence-corrected chi connectivity index (χ3v) is 10.2. The van der Waals surface area contributed by atoms with E-state index >= 15 is 0 Å². The summed E-state index contributed by atoms with van der Waals surface area (Å²) in [6.07, 6.45) is -12.0. The summed E-state index contributed by atoms with van der Waals surface area (Å²) < 4.78 is 113. The van der Waals surface area contributed by atoms with Crippen molar-refractivity contribution in [2.45, 2.75) is 41.2 Å². The van der Waals surface area contributed by atoms with Gasteiger partial charge in [-0.05, 0) is 30.5 Å². The van der Waals surface area contributed by atoms with Crippen LogP contribution in [0.3, 0.4) is 0 Å². The molecule has 15 heteroatoms. The third-order valence-electron chi connectivity index (χ3n) is 6.92. The van der Waals surface area contributed by atoms with Gasteiger partial charge < -0.3 is 14.7 Å². The first-order valence-corrected chi connectivity index (χ1v) is 14.1. The van der Waals surface area contributed by atoms with Crippen molar-refractivity contribution in [1.82, 2.24) is 9.21 Å². The first-order valence-electron chi connectivity index (χ1n) is 11.7. The molecule has 2 fully saturated rings. The van der Waals surface area contributed by atoms with Crippen molar-refractivity contribution in [3.8, 4) is 0 Å². The molecule has 2 atom stereocenters. The fourth-order valence-electron chi connectivity index (χ4n) is 4.76. The predicted octanol–water partition coefficient (Wildman–Crippen LogP) is 3.66. The molecule has 4 rings (SSSR count). The van der Waals surface area contributed by atoms with Crippen LogP contribution in [-0.4, -0.2) is 93.1 Å². The minimum atomic E-state index is -5.98. The zero-order chi connectivity index (χ0) is 27.9. The Hall–Kier alpha value is -1.91. The van der Waals surface area contributed by atoms with Gasteiger partial charge in [-0.1, -0.05) is 18.2 Å². The molecule has 0 bridgehead atoms. The number of ether oxygens (including phenoxy) is 1. The molecule has 2 aliphatic rings. The van der Waals surface area contributed by atoms with Gasteiger partial charge in [-0.2, -0.15) is 30.6 Å². The van der Waals surface area contributed by atoms with Crippen molar-refractivity contribution < 1.29 is 44.6 Å². The molecule has 2 aromatic rings. The molecule has 212 valence electrons. The smallest absolute Gasteiger partial charge is 0.379 e. The second-order valence-electron chi connectivity index (χ2n) is 9.31. The molecule has 1 aromatic heterocycles. The molecule has 0 aliphatic carbocycles. The van der Waals surface area contributed by atoms with E-state index in [1.807, 2.05) is 6.92 Å². The Bertz CT molecular complexity index is 1180. The molecular formula is C23H27F6N3O4S2. The van der Waals surface area contributed by atoms with Gasteiger partial charge in [-0.3, -0.25) is 4.90 Å². The minimum absolute atomic E-state index is 0.0332. The third kappa shape index (κ3) is 5.41. The molecule has 0 spiro atoms. The van der Waals surface area contributed by atoms with Crippen LogP contribution in [0.4, 0.5) is 32.0 Å². The summed E-state index contributed by atoms with van der Waals surface area (Å²) in [7, 11) is -3.77. The fraction of sp³-hybridized carbons (Fsp3) is 0.565. The highest BCUT2D eigenvalue weighted by Gasteiger charge is 2.71. The number of alkyl halides is 6. The van der Waals surface area contributed by atoms with E-state index in [9.17, 15) is 39.9 Å². The van der Waals surface area contributed by atoms with Gasteiger partial charge in [0.2, 0.25) is 0 Å². The van der Waals surface area contributed by atoms with E-state index in [-0.39, 0.29) is 29.9 Å². The topological polar surface area (TPSA) is 73.3 Å². The lowest BCUT2D eigenvalue weighted by atomic mass is 9.92. The zero-order valence-corrected chi connectivity index (χ0v) is 21.9. The van der Waals surface area contributed by atoms with Crippen LogP contribution in [0.2, 0.25) is 0 Å². The number of hydrogen-bond donors (Lipinski definition) is 1. The Morgan fingerprint density at radius 2 is 1.68 bits per heavy atom. The fourth-order valence-corrected chi connectivity index (χ4v) is 7.38. The van der Waals surface area contributed by atoms with E-state index < -0.39 is 39.6 Å². The normalized spacial score (nSPS) is 23.1. The number of thiophene rings is 1. The van der Waals surface area contributed by atoms with Crippen molar-refractivity contribution in [2.75, 3.05) is 50.8 Å². The lowest BCUT2D eigenvalue weighted by molar-refractivity contribution is -0.376. The van der Waals surface area contributed by atoms with Crippen LogP contribution in [0.15, 0.2) is 46.0 Å². The average Bonchev–Trinajstić information content (AvgIpc) is 3.40. The number of nitrogens with zero attached hydrogens (tertiary/aromatic N) is 3. The maximum Gasteiger partial charge on any atom is 0.430 e. The standard InChI is InChI=1S/C23H27F6N3O4S2/c1-16-15-36-11-10-30(16)13-19-14-31(38(34,35)20-3-2-12-37-20)8-9-32(19)18-6-4-17(5-7-18)21(33,22(24,25)26)23(27,28)29/h2-7,12,16,19,33H,8-11,13-15H2,1H3/t16-,19-/m0/s1. The summed E-state index contributed by atoms with van der Waals surface area (Å²) in [5, 5.41) is 11.4. The van der Waals surface area contributed by atoms with E-state index in [1.165, 1.54) is 10.4 Å². The lowest BCUT2D eigenvalue weighted by Crippen LogP contribution is -2.60. The molecule has 3 heterocycles. The van der Waals surface area contributed by atoms with E-state index in [1.54, 1.807) is 16.3 Å². The highest BCUT2D eigenvalue weighted by atomic mass is 32.2. The van der Waals surface area contributed by atoms with Gasteiger partial charge in [0.15, 0.2) is 0 Å². The lowest BCUT2D eigenvalue weighted by Gasteiger charge is -2.45. The molecule has 0 amide bonds. The maximum atomic E-state index is 13.3. The van der Waals surface area contributed by atoms with Gasteiger partial charge in [0.1, 0.15) is 4.21 Å². The number of aliphatic hydroxyl groups is 1. The second kappa shape index (κ2) is 10.6. The Kier molecular flexibility index (Phi) is 8.10. The second-order valence-corrected chi connectivity index (χ2v) is 12.4. The Morgan fingerprint density at radius 1 is 1.03 bits per heavy atom. The summed E-state index contributed by atoms with van der Waals surface area (Å²) in [4.78, 5) is 3.90. The van der Waals surface area contributed by atoms with Gasteiger partial charge in [0, 0.05) is 50.0 Å². The number of sulfonamides is 1. The van der Waals surface area contributed by atoms with Crippen LogP contribution >= 0.6 is 11.3 Å². The number of rotatable bonds is 6. The summed E-state index contributed by atoms with van der Waals surface area (Å²) in [6.45, 7) is 4.21. The van der Waals surface area contributed by atoms with Crippen LogP contribution in [0.25, 0.3) is 0 Å². The van der Waals surface area contributed by atoms with Crippen molar-refractivity contribution >= 4 is 27.0 Å². The van der Waals surface area contributed by atoms with Gasteiger partial charge >= 0.3 is 12.4 Å². The Labute approximate surface area is 220 Å². The predicted molar refractivity (Wildman–Crippen MR) is 129 cm³/mol. The van der Waals surface area contributed by atoms with Crippen molar-refractivity contribution in [3.63, 3.8) is 0 Å². The summed E-state index contributed by atoms with van der Waals surface area (Å²) in [5.74, 6) is 0. The van der Waals surface area contributed by atoms with Crippen molar-refractivity contribution in [2.24, 2.45) is 0 Å². The molecule has 1 N–H and O–H groups in total. The van der Waals surface area contributed by atoms with Gasteiger partial charge in [-0.15, -0.1) is 11.3 Å². The first-order chi connectivity index (χ1) is 17.7. The SMILES string of the molecule is C[C@H]1COCCN1C[C@H]1CN(S(=O)(=O)c2cccs2)CCN1c1ccc(C(O)(C(F)(F)F)C(F)(F)F)cc1. The van der Waals surface area contributed by atoms with E-state index in [0.29, 0.717) is 44.1 Å². The van der Waals surface area contributed by atoms with Gasteiger partial charge in [0.25, 0.3) is 15.6 Å². The van der Waals surface area contributed by atoms with Crippen LogP contribution in [-0.2, 0) is 20.4 Å². The molecule has 2 saturated heterocycles. The first kappa shape index (κ1) is 29.1. The number of halogens is 6. The largest absolute Gasteiger partial charge is 0.430 e. The number of morpholine rings is 1. The molecule has 0 unspecified atom stereocenters. The molecule has 7 nitrogen and oxygen atoms in total. The van der Waals surface area contributed by atoms with Crippen LogP contribution < -0.4 is 4.90 Å². The number of piperazine rings is 1. The maximum absolute atomic E-state index is 13.3. The zero-order valence-electron chi connectivity index (χ0n) is 20.2. The van der Waals surface area contributed by atoms with E-state index in [4.69, 9.17) is 4.74 Å². The van der Waals surface area contributed by atoms with Gasteiger partial charge in [-0.25, -0.2) is 8.42 Å². The number of hydrogen-bond acceptors (Lipinski definition) is 7. The summed E-state index contributed by atoms with van der Waals surface area (Å²) in [5.41, 5.74) is -6.05. The Balaban J connectivity index is 1.64. The van der Waals surface area contributed by atoms with Crippen molar-refractivity contribution in [3.05, 3.63) is 47.3 Å². The minimum Gasteiger partial charge on any atom is -0.379 e. The van der Waals surface area contributed by atoms with E-state index in [2.05, 4.69) is 4.90 Å². The highest BCUT2D eigenvalue weighted by Crippen LogP contribution is 2.50. The highest BCUT2D eigenvalue weighted by molar-refractivity contribution is 7.91. The number of anilines is 1. The molecular weight excluding hydrogens is 560 g/mol. The van der Waals surface area contributed by atoms with Crippen molar-refractivity contribution in [1.29, 1.82) is 0 Å². The average molecular weight is 588 g/mol. The van der Waals surface area contributed by atoms with Gasteiger partial charge in [0.05, 0.1) is 19.3 Å². The van der Waals surface area contributed by atoms with Crippen LogP contribution in [0, 0.1) is 0 Å². The quantitative estimate of drug-likeness (QED) is 0.521. The van der Waals surface area contributed by atoms with E-state index in [0.717, 1.165) is 23.5 Å². The number of benzene rings is 1. The molecule has 38 heavy (non-hydrogen) atoms. The molecule has 1 aromatic carbocycles. The van der Waals surface area contributed by atoms with Crippen LogP contribution in [0.1, 0.15) is 12.5 Å². The summed E-state index contributed by atoms with van der Waals surface area (Å²) >= 11 is 1.09. The molecule has 0 saturated carbocycles.